The van der Waals surface area contributed by atoms with Crippen molar-refractivity contribution in [3.05, 3.63) is 23.8 Å². The predicted octanol–water partition coefficient (Wildman–Crippen LogP) is 2.86. The third-order valence-electron chi connectivity index (χ3n) is 1.68. The minimum absolute atomic E-state index is 0.0559. The van der Waals surface area contributed by atoms with Crippen LogP contribution in [0.3, 0.4) is 0 Å². The maximum Gasteiger partial charge on any atom is 0.336 e. The van der Waals surface area contributed by atoms with E-state index in [4.69, 9.17) is 10.8 Å². The number of hydrogen-bond donors (Lipinski definition) is 2. The van der Waals surface area contributed by atoms with Crippen LogP contribution in [0, 0.1) is 0 Å². The van der Waals surface area contributed by atoms with Gasteiger partial charge in [-0.15, -0.1) is 11.8 Å². The van der Waals surface area contributed by atoms with Gasteiger partial charge in [-0.05, 0) is 12.1 Å². The number of benzene rings is 1. The number of nitrogens with two attached hydrogens (primary N) is 1. The van der Waals surface area contributed by atoms with E-state index in [1.807, 2.05) is 20.8 Å². The van der Waals surface area contributed by atoms with E-state index < -0.39 is 5.97 Å². The van der Waals surface area contributed by atoms with Crippen LogP contribution in [-0.4, -0.2) is 15.8 Å². The first-order chi connectivity index (χ1) is 6.81. The van der Waals surface area contributed by atoms with Crippen LogP contribution in [0.5, 0.6) is 0 Å². The van der Waals surface area contributed by atoms with Crippen molar-refractivity contribution in [1.82, 2.24) is 0 Å². The van der Waals surface area contributed by atoms with Crippen molar-refractivity contribution in [3.8, 4) is 0 Å². The zero-order valence-corrected chi connectivity index (χ0v) is 9.89. The SMILES string of the molecule is CC(C)(C)Sc1c(N)cccc1C(=O)O. The molecule has 0 amide bonds. The van der Waals surface area contributed by atoms with E-state index in [1.165, 1.54) is 11.8 Å². The standard InChI is InChI=1S/C11H15NO2S/c1-11(2,3)15-9-7(10(13)14)5-4-6-8(9)12/h4-6H,12H2,1-3H3,(H,13,14). The van der Waals surface area contributed by atoms with Crippen molar-refractivity contribution in [2.45, 2.75) is 30.4 Å². The molecule has 0 aliphatic rings. The average molecular weight is 225 g/mol. The molecule has 3 nitrogen and oxygen atoms in total. The van der Waals surface area contributed by atoms with Gasteiger partial charge in [0.15, 0.2) is 0 Å². The van der Waals surface area contributed by atoms with E-state index in [0.717, 1.165) is 0 Å². The van der Waals surface area contributed by atoms with Crippen molar-refractivity contribution >= 4 is 23.4 Å². The van der Waals surface area contributed by atoms with Crippen LogP contribution in [-0.2, 0) is 0 Å². The van der Waals surface area contributed by atoms with Gasteiger partial charge in [-0.25, -0.2) is 4.79 Å². The lowest BCUT2D eigenvalue weighted by atomic mass is 10.2. The Labute approximate surface area is 93.7 Å². The van der Waals surface area contributed by atoms with E-state index in [-0.39, 0.29) is 10.3 Å². The number of nitrogen functional groups attached to an aromatic ring is 1. The summed E-state index contributed by atoms with van der Waals surface area (Å²) in [7, 11) is 0. The highest BCUT2D eigenvalue weighted by atomic mass is 32.2. The average Bonchev–Trinajstić information content (AvgIpc) is 2.05. The summed E-state index contributed by atoms with van der Waals surface area (Å²) in [6.45, 7) is 6.07. The summed E-state index contributed by atoms with van der Waals surface area (Å²) in [4.78, 5) is 11.6. The van der Waals surface area contributed by atoms with Crippen LogP contribution >= 0.6 is 11.8 Å². The molecule has 15 heavy (non-hydrogen) atoms. The summed E-state index contributed by atoms with van der Waals surface area (Å²) in [5.41, 5.74) is 6.58. The van der Waals surface area contributed by atoms with Crippen LogP contribution in [0.2, 0.25) is 0 Å². The fraction of sp³-hybridized carbons (Fsp3) is 0.364. The summed E-state index contributed by atoms with van der Waals surface area (Å²) in [6.07, 6.45) is 0. The van der Waals surface area contributed by atoms with Crippen LogP contribution in [0.4, 0.5) is 5.69 Å². The molecule has 1 aromatic rings. The number of carbonyl (C=O) groups is 1. The van der Waals surface area contributed by atoms with Gasteiger partial charge in [0.2, 0.25) is 0 Å². The molecule has 0 saturated heterocycles. The maximum atomic E-state index is 11.0. The Morgan fingerprint density at radius 2 is 2.00 bits per heavy atom. The molecule has 4 heteroatoms. The molecule has 1 aromatic carbocycles. The fourth-order valence-electron chi connectivity index (χ4n) is 1.14. The molecule has 0 unspecified atom stereocenters. The summed E-state index contributed by atoms with van der Waals surface area (Å²) >= 11 is 1.48. The molecule has 0 heterocycles. The normalized spacial score (nSPS) is 11.4. The zero-order valence-electron chi connectivity index (χ0n) is 9.07. The number of aromatic carboxylic acids is 1. The molecule has 0 radical (unpaired) electrons. The Kier molecular flexibility index (Phi) is 3.29. The minimum Gasteiger partial charge on any atom is -0.478 e. The lowest BCUT2D eigenvalue weighted by Gasteiger charge is -2.20. The number of anilines is 1. The topological polar surface area (TPSA) is 63.3 Å². The Hall–Kier alpha value is -1.16. The molecule has 1 rings (SSSR count). The van der Waals surface area contributed by atoms with Crippen LogP contribution in [0.15, 0.2) is 23.1 Å². The fourth-order valence-corrected chi connectivity index (χ4v) is 2.21. The molecule has 0 aliphatic heterocycles. The lowest BCUT2D eigenvalue weighted by molar-refractivity contribution is 0.0693. The van der Waals surface area contributed by atoms with Gasteiger partial charge in [-0.2, -0.15) is 0 Å². The zero-order chi connectivity index (χ0) is 11.6. The van der Waals surface area contributed by atoms with E-state index in [0.29, 0.717) is 10.6 Å². The van der Waals surface area contributed by atoms with Gasteiger partial charge in [0.25, 0.3) is 0 Å². The minimum atomic E-state index is -0.936. The van der Waals surface area contributed by atoms with Crippen molar-refractivity contribution in [2.75, 3.05) is 5.73 Å². The Morgan fingerprint density at radius 1 is 1.40 bits per heavy atom. The number of rotatable bonds is 2. The second-order valence-electron chi connectivity index (χ2n) is 4.24. The second-order valence-corrected chi connectivity index (χ2v) is 6.08. The summed E-state index contributed by atoms with van der Waals surface area (Å²) in [5, 5.41) is 9.02. The number of carboxylic acids is 1. The van der Waals surface area contributed by atoms with Gasteiger partial charge < -0.3 is 10.8 Å². The molecule has 0 aliphatic carbocycles. The molecule has 0 spiro atoms. The summed E-state index contributed by atoms with van der Waals surface area (Å²) < 4.78 is -0.0559. The van der Waals surface area contributed by atoms with E-state index in [1.54, 1.807) is 18.2 Å². The quantitative estimate of drug-likeness (QED) is 0.600. The molecule has 0 fully saturated rings. The van der Waals surface area contributed by atoms with Gasteiger partial charge in [-0.3, -0.25) is 0 Å². The largest absolute Gasteiger partial charge is 0.478 e. The van der Waals surface area contributed by atoms with Crippen molar-refractivity contribution in [1.29, 1.82) is 0 Å². The number of carboxylic acid groups (broad SMARTS) is 1. The molecule has 82 valence electrons. The van der Waals surface area contributed by atoms with Crippen LogP contribution in [0.1, 0.15) is 31.1 Å². The first-order valence-electron chi connectivity index (χ1n) is 4.62. The van der Waals surface area contributed by atoms with Gasteiger partial charge in [0, 0.05) is 15.3 Å². The Morgan fingerprint density at radius 3 is 2.47 bits per heavy atom. The van der Waals surface area contributed by atoms with Gasteiger partial charge in [0.05, 0.1) is 5.56 Å². The Balaban J connectivity index is 3.19. The second kappa shape index (κ2) is 4.14. The molecule has 0 saturated carbocycles. The molecular weight excluding hydrogens is 210 g/mol. The molecule has 0 bridgehead atoms. The highest BCUT2D eigenvalue weighted by Crippen LogP contribution is 2.37. The lowest BCUT2D eigenvalue weighted by Crippen LogP contribution is -2.10. The molecule has 0 atom stereocenters. The number of hydrogen-bond acceptors (Lipinski definition) is 3. The third-order valence-corrected chi connectivity index (χ3v) is 2.96. The smallest absolute Gasteiger partial charge is 0.336 e. The molecule has 3 N–H and O–H groups in total. The highest BCUT2D eigenvalue weighted by molar-refractivity contribution is 8.00. The van der Waals surface area contributed by atoms with Crippen LogP contribution in [0.25, 0.3) is 0 Å². The van der Waals surface area contributed by atoms with Gasteiger partial charge in [0.1, 0.15) is 0 Å². The van der Waals surface area contributed by atoms with Gasteiger partial charge in [-0.1, -0.05) is 26.8 Å². The van der Waals surface area contributed by atoms with E-state index >= 15 is 0 Å². The highest BCUT2D eigenvalue weighted by Gasteiger charge is 2.19. The molecule has 0 aromatic heterocycles. The summed E-state index contributed by atoms with van der Waals surface area (Å²) in [5.74, 6) is -0.936. The molecular formula is C11H15NO2S. The van der Waals surface area contributed by atoms with E-state index in [9.17, 15) is 4.79 Å². The monoisotopic (exact) mass is 225 g/mol. The first kappa shape index (κ1) is 11.9. The van der Waals surface area contributed by atoms with Gasteiger partial charge >= 0.3 is 5.97 Å². The van der Waals surface area contributed by atoms with Crippen molar-refractivity contribution in [2.24, 2.45) is 0 Å². The van der Waals surface area contributed by atoms with Crippen LogP contribution < -0.4 is 5.73 Å². The Bertz CT molecular complexity index is 383. The van der Waals surface area contributed by atoms with Crippen molar-refractivity contribution in [3.63, 3.8) is 0 Å². The predicted molar refractivity (Wildman–Crippen MR) is 63.4 cm³/mol. The summed E-state index contributed by atoms with van der Waals surface area (Å²) in [6, 6.07) is 4.96. The third kappa shape index (κ3) is 3.16. The van der Waals surface area contributed by atoms with E-state index in [2.05, 4.69) is 0 Å². The number of thioether (sulfide) groups is 1. The van der Waals surface area contributed by atoms with Crippen molar-refractivity contribution < 1.29 is 9.90 Å². The first-order valence-corrected chi connectivity index (χ1v) is 5.44. The maximum absolute atomic E-state index is 11.0.